The highest BCUT2D eigenvalue weighted by atomic mass is 32.8. The van der Waals surface area contributed by atoms with Crippen LogP contribution in [0.2, 0.25) is 0 Å². The zero-order valence-corrected chi connectivity index (χ0v) is 15.4. The predicted molar refractivity (Wildman–Crippen MR) is 92.9 cm³/mol. The molecule has 1 amide bonds. The number of hydrogen-bond donors (Lipinski definition) is 1. The van der Waals surface area contributed by atoms with Crippen LogP contribution in [-0.2, 0) is 25.6 Å². The fourth-order valence-corrected chi connectivity index (χ4v) is 4.73. The molecule has 2 rings (SSSR count). The van der Waals surface area contributed by atoms with E-state index in [1.807, 2.05) is 14.1 Å². The van der Waals surface area contributed by atoms with E-state index in [9.17, 15) is 4.79 Å². The summed E-state index contributed by atoms with van der Waals surface area (Å²) < 4.78 is 2.35. The summed E-state index contributed by atoms with van der Waals surface area (Å²) in [4.78, 5) is 15.0. The minimum atomic E-state index is -0.285. The Labute approximate surface area is 136 Å². The fourth-order valence-electron chi connectivity index (χ4n) is 3.59. The quantitative estimate of drug-likeness (QED) is 0.846. The van der Waals surface area contributed by atoms with Crippen molar-refractivity contribution in [3.05, 3.63) is 0 Å². The third kappa shape index (κ3) is 3.66. The van der Waals surface area contributed by atoms with Crippen molar-refractivity contribution in [1.29, 1.82) is 0 Å². The first-order valence-electron chi connectivity index (χ1n) is 7.88. The van der Waals surface area contributed by atoms with Crippen molar-refractivity contribution in [3.8, 4) is 0 Å². The Morgan fingerprint density at radius 3 is 2.14 bits per heavy atom. The van der Waals surface area contributed by atoms with Gasteiger partial charge in [0.25, 0.3) is 0 Å². The van der Waals surface area contributed by atoms with Gasteiger partial charge in [0.2, 0.25) is 5.91 Å². The van der Waals surface area contributed by atoms with Gasteiger partial charge >= 0.3 is 0 Å². The normalized spacial score (nSPS) is 26.7. The molecule has 0 bridgehead atoms. The van der Waals surface area contributed by atoms with Gasteiger partial charge in [0.05, 0.1) is 5.54 Å². The highest BCUT2D eigenvalue weighted by Crippen LogP contribution is 2.35. The molecule has 4 nitrogen and oxygen atoms in total. The summed E-state index contributed by atoms with van der Waals surface area (Å²) in [6.07, 6.45) is 8.37. The van der Waals surface area contributed by atoms with Crippen molar-refractivity contribution < 1.29 is 4.79 Å². The van der Waals surface area contributed by atoms with E-state index in [-0.39, 0.29) is 26.6 Å². The maximum Gasteiger partial charge on any atom is 0.240 e. The molecule has 6 heteroatoms. The van der Waals surface area contributed by atoms with E-state index >= 15 is 0 Å². The maximum absolute atomic E-state index is 12.9. The molecule has 1 aliphatic heterocycles. The number of rotatable bonds is 4. The van der Waals surface area contributed by atoms with Gasteiger partial charge in [0.1, 0.15) is 0 Å². The highest BCUT2D eigenvalue weighted by molar-refractivity contribution is 8.27. The SMILES string of the molecule is CN(C)C1(C(=O)NC2(C)CCN(S(C)=S)CC2)CCCC1. The molecular formula is C15H29N3OS2. The fraction of sp³-hybridized carbons (Fsp3) is 0.933. The lowest BCUT2D eigenvalue weighted by Crippen LogP contribution is -2.61. The zero-order valence-electron chi connectivity index (χ0n) is 13.8. The molecule has 122 valence electrons. The molecule has 1 saturated carbocycles. The van der Waals surface area contributed by atoms with E-state index in [2.05, 4.69) is 27.7 Å². The number of nitrogens with one attached hydrogen (secondary N) is 1. The van der Waals surface area contributed by atoms with Crippen LogP contribution >= 0.6 is 0 Å². The Hall–Kier alpha value is -0.0400. The third-order valence-electron chi connectivity index (χ3n) is 5.31. The van der Waals surface area contributed by atoms with Gasteiger partial charge in [-0.15, -0.1) is 0 Å². The van der Waals surface area contributed by atoms with Gasteiger partial charge in [-0.3, -0.25) is 9.69 Å². The molecule has 2 aliphatic rings. The standard InChI is InChI=1S/C15H29N3OS2/c1-14(9-11-18(12-10-14)21(4)20)16-13(19)15(17(2)3)7-5-6-8-15/h5-12H2,1-4H3,(H,16,19). The first-order valence-corrected chi connectivity index (χ1v) is 10.4. The van der Waals surface area contributed by atoms with Crippen molar-refractivity contribution in [1.82, 2.24) is 14.5 Å². The molecule has 1 aliphatic carbocycles. The molecule has 1 N–H and O–H groups in total. The number of piperidine rings is 1. The summed E-state index contributed by atoms with van der Waals surface area (Å²) in [5.74, 6) is 0.231. The number of hydrogen-bond acceptors (Lipinski definition) is 3. The van der Waals surface area contributed by atoms with Gasteiger partial charge in [0.15, 0.2) is 0 Å². The molecule has 21 heavy (non-hydrogen) atoms. The summed E-state index contributed by atoms with van der Waals surface area (Å²) in [6, 6.07) is 0. The second-order valence-corrected chi connectivity index (χ2v) is 9.81. The van der Waals surface area contributed by atoms with Crippen LogP contribution < -0.4 is 5.32 Å². The van der Waals surface area contributed by atoms with Crippen LogP contribution in [-0.4, -0.2) is 59.6 Å². The van der Waals surface area contributed by atoms with Crippen molar-refractivity contribution >= 4 is 26.7 Å². The zero-order chi connectivity index (χ0) is 15.7. The number of carbonyl (C=O) groups excluding carboxylic acids is 1. The molecule has 1 atom stereocenters. The van der Waals surface area contributed by atoms with E-state index < -0.39 is 0 Å². The lowest BCUT2D eigenvalue weighted by molar-refractivity contribution is -0.134. The van der Waals surface area contributed by atoms with Gasteiger partial charge in [-0.25, -0.2) is 4.31 Å². The van der Waals surface area contributed by atoms with Crippen molar-refractivity contribution in [2.75, 3.05) is 33.4 Å². The maximum atomic E-state index is 12.9. The van der Waals surface area contributed by atoms with Crippen LogP contribution in [0.25, 0.3) is 0 Å². The van der Waals surface area contributed by atoms with Crippen molar-refractivity contribution in [2.24, 2.45) is 0 Å². The first-order chi connectivity index (χ1) is 9.79. The van der Waals surface area contributed by atoms with Gasteiger partial charge < -0.3 is 5.32 Å². The van der Waals surface area contributed by atoms with Crippen LogP contribution in [0.4, 0.5) is 0 Å². The summed E-state index contributed by atoms with van der Waals surface area (Å²) >= 11 is 5.36. The molecule has 0 aromatic heterocycles. The number of nitrogens with zero attached hydrogens (tertiary/aromatic N) is 2. The van der Waals surface area contributed by atoms with E-state index in [1.165, 1.54) is 0 Å². The average Bonchev–Trinajstić information content (AvgIpc) is 2.89. The molecule has 1 heterocycles. The van der Waals surface area contributed by atoms with Crippen LogP contribution in [0.15, 0.2) is 0 Å². The van der Waals surface area contributed by atoms with Gasteiger partial charge in [-0.05, 0) is 57.9 Å². The van der Waals surface area contributed by atoms with Crippen LogP contribution in [0, 0.1) is 0 Å². The Morgan fingerprint density at radius 1 is 1.19 bits per heavy atom. The molecule has 0 radical (unpaired) electrons. The van der Waals surface area contributed by atoms with E-state index in [4.69, 9.17) is 11.2 Å². The smallest absolute Gasteiger partial charge is 0.240 e. The molecule has 0 aromatic rings. The lowest BCUT2D eigenvalue weighted by Gasteiger charge is -2.43. The Morgan fingerprint density at radius 2 is 1.71 bits per heavy atom. The molecule has 2 fully saturated rings. The average molecular weight is 332 g/mol. The second-order valence-electron chi connectivity index (χ2n) is 7.00. The monoisotopic (exact) mass is 331 g/mol. The molecule has 1 saturated heterocycles. The van der Waals surface area contributed by atoms with E-state index in [0.29, 0.717) is 0 Å². The van der Waals surface area contributed by atoms with Crippen molar-refractivity contribution in [2.45, 2.75) is 56.5 Å². The first kappa shape index (κ1) is 17.3. The summed E-state index contributed by atoms with van der Waals surface area (Å²) in [5.41, 5.74) is -0.360. The number of carbonyl (C=O) groups is 1. The van der Waals surface area contributed by atoms with Gasteiger partial charge in [0, 0.05) is 24.9 Å². The predicted octanol–water partition coefficient (Wildman–Crippen LogP) is 1.46. The minimum absolute atomic E-state index is 0.0698. The third-order valence-corrected chi connectivity index (χ3v) is 7.04. The van der Waals surface area contributed by atoms with Crippen LogP contribution in [0.5, 0.6) is 0 Å². The minimum Gasteiger partial charge on any atom is -0.349 e. The molecule has 0 aromatic carbocycles. The highest BCUT2D eigenvalue weighted by Gasteiger charge is 2.45. The van der Waals surface area contributed by atoms with Crippen LogP contribution in [0.1, 0.15) is 45.4 Å². The number of amides is 1. The topological polar surface area (TPSA) is 35.6 Å². The molecule has 1 unspecified atom stereocenters. The Bertz CT molecular complexity index is 411. The summed E-state index contributed by atoms with van der Waals surface area (Å²) in [7, 11) is 4.01. The Kier molecular flexibility index (Phi) is 5.45. The van der Waals surface area contributed by atoms with Gasteiger partial charge in [-0.1, -0.05) is 22.5 Å². The van der Waals surface area contributed by atoms with Crippen LogP contribution in [0.3, 0.4) is 0 Å². The summed E-state index contributed by atoms with van der Waals surface area (Å²) in [6.45, 7) is 4.18. The molecular weight excluding hydrogens is 302 g/mol. The Balaban J connectivity index is 2.00. The van der Waals surface area contributed by atoms with Crippen molar-refractivity contribution in [3.63, 3.8) is 0 Å². The largest absolute Gasteiger partial charge is 0.349 e. The van der Waals surface area contributed by atoms with E-state index in [1.54, 1.807) is 0 Å². The second kappa shape index (κ2) is 6.60. The van der Waals surface area contributed by atoms with Gasteiger partial charge in [-0.2, -0.15) is 0 Å². The van der Waals surface area contributed by atoms with E-state index in [0.717, 1.165) is 51.6 Å². The molecule has 0 spiro atoms. The number of likely N-dealkylation sites (N-methyl/N-ethyl adjacent to an activating group) is 1. The lowest BCUT2D eigenvalue weighted by atomic mass is 9.87. The summed E-state index contributed by atoms with van der Waals surface area (Å²) in [5, 5.41) is 3.38.